The van der Waals surface area contributed by atoms with Crippen molar-refractivity contribution < 1.29 is 44.7 Å². The first-order chi connectivity index (χ1) is 22.3. The van der Waals surface area contributed by atoms with Gasteiger partial charge in [0.2, 0.25) is 10.0 Å². The van der Waals surface area contributed by atoms with Crippen LogP contribution in [0.15, 0.2) is 76.8 Å². The van der Waals surface area contributed by atoms with Gasteiger partial charge in [-0.2, -0.15) is 30.6 Å². The minimum atomic E-state index is -5.24. The summed E-state index contributed by atoms with van der Waals surface area (Å²) < 4.78 is 109. The number of oxime groups is 1. The van der Waals surface area contributed by atoms with E-state index < -0.39 is 56.5 Å². The highest BCUT2D eigenvalue weighted by molar-refractivity contribution is 7.89. The van der Waals surface area contributed by atoms with Gasteiger partial charge in [-0.1, -0.05) is 64.8 Å². The van der Waals surface area contributed by atoms with Crippen molar-refractivity contribution in [2.24, 2.45) is 5.16 Å². The standard InChI is InChI=1S/C32H33Cl2F6N3O4S/c1-42(48(45,46)25-18-23(31(35,36)37)17-24(19-25)32(38,39)40)20-29(41-47-2)26(21-8-9-27(33)28(34)16-21)10-13-43-14-11-30(44,12-15-43)22-6-4-3-5-7-22/h3-9,16-19,26,44H,10-15,20H2,1-2H3/b41-29-. The molecule has 1 N–H and O–H groups in total. The fraction of sp³-hybridized carbons (Fsp3) is 0.406. The van der Waals surface area contributed by atoms with Gasteiger partial charge in [0.1, 0.15) is 7.11 Å². The number of halogens is 8. The van der Waals surface area contributed by atoms with E-state index in [0.29, 0.717) is 48.8 Å². The summed E-state index contributed by atoms with van der Waals surface area (Å²) in [5.41, 5.74) is -3.00. The quantitative estimate of drug-likeness (QED) is 0.123. The second-order valence-electron chi connectivity index (χ2n) is 11.5. The lowest BCUT2D eigenvalue weighted by Gasteiger charge is -2.39. The van der Waals surface area contributed by atoms with E-state index >= 15 is 0 Å². The van der Waals surface area contributed by atoms with E-state index in [-0.39, 0.29) is 34.0 Å². The second kappa shape index (κ2) is 14.9. The first kappa shape index (κ1) is 37.9. The van der Waals surface area contributed by atoms with Crippen molar-refractivity contribution in [1.82, 2.24) is 9.21 Å². The summed E-state index contributed by atoms with van der Waals surface area (Å²) in [4.78, 5) is 5.97. The number of hydrogen-bond donors (Lipinski definition) is 1. The van der Waals surface area contributed by atoms with E-state index in [9.17, 15) is 39.9 Å². The van der Waals surface area contributed by atoms with E-state index in [4.69, 9.17) is 28.0 Å². The van der Waals surface area contributed by atoms with E-state index in [1.54, 1.807) is 18.2 Å². The molecule has 1 heterocycles. The highest BCUT2D eigenvalue weighted by atomic mass is 35.5. The zero-order valence-electron chi connectivity index (χ0n) is 25.8. The van der Waals surface area contributed by atoms with Crippen LogP contribution in [0.1, 0.15) is 47.4 Å². The number of piperidine rings is 1. The third-order valence-corrected chi connectivity index (χ3v) is 10.9. The molecule has 0 aromatic heterocycles. The Labute approximate surface area is 284 Å². The molecule has 7 nitrogen and oxygen atoms in total. The molecule has 1 aliphatic heterocycles. The van der Waals surface area contributed by atoms with Gasteiger partial charge in [0.15, 0.2) is 0 Å². The Balaban J connectivity index is 1.61. The van der Waals surface area contributed by atoms with Gasteiger partial charge < -0.3 is 14.8 Å². The lowest BCUT2D eigenvalue weighted by Crippen LogP contribution is -2.43. The topological polar surface area (TPSA) is 82.4 Å². The van der Waals surface area contributed by atoms with Gasteiger partial charge in [-0.25, -0.2) is 8.42 Å². The van der Waals surface area contributed by atoms with Crippen LogP contribution < -0.4 is 0 Å². The highest BCUT2D eigenvalue weighted by Gasteiger charge is 2.39. The SMILES string of the molecule is CO/N=C(/CN(C)S(=O)(=O)c1cc(C(F)(F)F)cc(C(F)(F)F)c1)C(CCN1CCC(O)(c2ccccc2)CC1)c1ccc(Cl)c(Cl)c1. The van der Waals surface area contributed by atoms with Gasteiger partial charge >= 0.3 is 12.4 Å². The third kappa shape index (κ3) is 9.01. The summed E-state index contributed by atoms with van der Waals surface area (Å²) in [5.74, 6) is -0.667. The van der Waals surface area contributed by atoms with Crippen LogP contribution in [0.4, 0.5) is 26.3 Å². The summed E-state index contributed by atoms with van der Waals surface area (Å²) >= 11 is 12.4. The average molecular weight is 741 g/mol. The number of benzene rings is 3. The van der Waals surface area contributed by atoms with Crippen molar-refractivity contribution in [2.75, 3.05) is 40.3 Å². The van der Waals surface area contributed by atoms with Gasteiger partial charge in [0.05, 0.1) is 43.9 Å². The number of rotatable bonds is 11. The van der Waals surface area contributed by atoms with Gasteiger partial charge in [-0.15, -0.1) is 0 Å². The zero-order valence-corrected chi connectivity index (χ0v) is 28.2. The van der Waals surface area contributed by atoms with E-state index in [1.807, 2.05) is 30.3 Å². The summed E-state index contributed by atoms with van der Waals surface area (Å²) in [5, 5.41) is 15.8. The number of hydrogen-bond acceptors (Lipinski definition) is 6. The number of sulfonamides is 1. The van der Waals surface area contributed by atoms with Crippen LogP contribution in [0.3, 0.4) is 0 Å². The maximum absolute atomic E-state index is 13.5. The second-order valence-corrected chi connectivity index (χ2v) is 14.4. The average Bonchev–Trinajstić information content (AvgIpc) is 3.03. The molecule has 3 aromatic carbocycles. The molecule has 0 bridgehead atoms. The highest BCUT2D eigenvalue weighted by Crippen LogP contribution is 2.38. The minimum Gasteiger partial charge on any atom is -0.399 e. The Morgan fingerprint density at radius 3 is 2.06 bits per heavy atom. The molecule has 0 spiro atoms. The molecule has 0 aliphatic carbocycles. The summed E-state index contributed by atoms with van der Waals surface area (Å²) in [6.45, 7) is 0.993. The zero-order chi connectivity index (χ0) is 35.5. The fourth-order valence-corrected chi connectivity index (χ4v) is 7.16. The number of aliphatic hydroxyl groups is 1. The number of alkyl halides is 6. The van der Waals surface area contributed by atoms with Crippen LogP contribution in [-0.2, 0) is 32.8 Å². The summed E-state index contributed by atoms with van der Waals surface area (Å²) in [7, 11) is -2.67. The molecule has 1 fully saturated rings. The van der Waals surface area contributed by atoms with Crippen LogP contribution >= 0.6 is 23.2 Å². The van der Waals surface area contributed by atoms with Gasteiger partial charge in [0.25, 0.3) is 0 Å². The van der Waals surface area contributed by atoms with Gasteiger partial charge in [0, 0.05) is 26.1 Å². The van der Waals surface area contributed by atoms with Gasteiger partial charge in [-0.3, -0.25) is 0 Å². The van der Waals surface area contributed by atoms with Crippen molar-refractivity contribution in [2.45, 2.75) is 48.0 Å². The molecule has 16 heteroatoms. The van der Waals surface area contributed by atoms with Crippen molar-refractivity contribution in [3.05, 3.63) is 99.0 Å². The molecule has 0 amide bonds. The summed E-state index contributed by atoms with van der Waals surface area (Å²) in [6, 6.07) is 14.3. The number of nitrogens with zero attached hydrogens (tertiary/aromatic N) is 3. The summed E-state index contributed by atoms with van der Waals surface area (Å²) in [6.07, 6.45) is -9.22. The monoisotopic (exact) mass is 739 g/mol. The van der Waals surface area contributed by atoms with Crippen LogP contribution in [0, 0.1) is 0 Å². The Morgan fingerprint density at radius 1 is 0.958 bits per heavy atom. The van der Waals surface area contributed by atoms with Crippen LogP contribution in [0.5, 0.6) is 0 Å². The molecule has 1 unspecified atom stereocenters. The van der Waals surface area contributed by atoms with Gasteiger partial charge in [-0.05, 0) is 67.3 Å². The first-order valence-corrected chi connectivity index (χ1v) is 16.9. The van der Waals surface area contributed by atoms with Crippen LogP contribution in [0.2, 0.25) is 10.0 Å². The van der Waals surface area contributed by atoms with E-state index in [1.165, 1.54) is 7.11 Å². The fourth-order valence-electron chi connectivity index (χ4n) is 5.64. The maximum atomic E-state index is 13.5. The van der Waals surface area contributed by atoms with Crippen molar-refractivity contribution >= 4 is 38.9 Å². The Morgan fingerprint density at radius 2 is 1.54 bits per heavy atom. The Kier molecular flexibility index (Phi) is 11.8. The maximum Gasteiger partial charge on any atom is 0.416 e. The van der Waals surface area contributed by atoms with Crippen molar-refractivity contribution in [1.29, 1.82) is 0 Å². The predicted molar refractivity (Wildman–Crippen MR) is 171 cm³/mol. The Hall–Kier alpha value is -2.88. The molecule has 4 rings (SSSR count). The van der Waals surface area contributed by atoms with Crippen LogP contribution in [-0.4, -0.2) is 68.8 Å². The predicted octanol–water partition coefficient (Wildman–Crippen LogP) is 7.81. The lowest BCUT2D eigenvalue weighted by molar-refractivity contribution is -0.143. The molecule has 1 atom stereocenters. The van der Waals surface area contributed by atoms with Crippen molar-refractivity contribution in [3.8, 4) is 0 Å². The molecule has 0 saturated carbocycles. The molecular weight excluding hydrogens is 707 g/mol. The molecular formula is C32H33Cl2F6N3O4S. The Bertz CT molecular complexity index is 1680. The van der Waals surface area contributed by atoms with E-state index in [2.05, 4.69) is 10.1 Å². The van der Waals surface area contributed by atoms with E-state index in [0.717, 1.165) is 12.6 Å². The molecule has 3 aromatic rings. The normalized spacial score (nSPS) is 17.0. The molecule has 48 heavy (non-hydrogen) atoms. The molecule has 0 radical (unpaired) electrons. The number of likely N-dealkylation sites (tertiary alicyclic amines) is 1. The largest absolute Gasteiger partial charge is 0.416 e. The van der Waals surface area contributed by atoms with Crippen LogP contribution in [0.25, 0.3) is 0 Å². The van der Waals surface area contributed by atoms with Crippen molar-refractivity contribution in [3.63, 3.8) is 0 Å². The molecule has 262 valence electrons. The molecule has 1 aliphatic rings. The first-order valence-electron chi connectivity index (χ1n) is 14.7. The third-order valence-electron chi connectivity index (χ3n) is 8.34. The minimum absolute atomic E-state index is 0.114. The smallest absolute Gasteiger partial charge is 0.399 e. The lowest BCUT2D eigenvalue weighted by atomic mass is 9.84. The molecule has 1 saturated heterocycles.